The number of halogens is 2. The van der Waals surface area contributed by atoms with E-state index >= 15 is 0 Å². The maximum atomic E-state index is 12.3. The van der Waals surface area contributed by atoms with Crippen LogP contribution in [0, 0.1) is 0 Å². The molecule has 0 radical (unpaired) electrons. The van der Waals surface area contributed by atoms with Gasteiger partial charge in [-0.15, -0.1) is 24.8 Å². The molecule has 1 aliphatic rings. The molecule has 9 heteroatoms. The van der Waals surface area contributed by atoms with Crippen molar-refractivity contribution in [2.45, 2.75) is 38.3 Å². The Hall–Kier alpha value is -1.54. The summed E-state index contributed by atoms with van der Waals surface area (Å²) >= 11 is 0. The topological polar surface area (TPSA) is 96.7 Å². The molecule has 1 aliphatic heterocycles. The summed E-state index contributed by atoms with van der Waals surface area (Å²) in [5, 5.41) is 5.53. The van der Waals surface area contributed by atoms with E-state index in [9.17, 15) is 9.59 Å². The van der Waals surface area contributed by atoms with Crippen LogP contribution in [-0.2, 0) is 14.3 Å². The number of hydrogen-bond donors (Lipinski definition) is 3. The van der Waals surface area contributed by atoms with Crippen LogP contribution in [0.2, 0.25) is 0 Å². The predicted molar refractivity (Wildman–Crippen MR) is 113 cm³/mol. The Morgan fingerprint density at radius 1 is 1.26 bits per heavy atom. The molecule has 2 rings (SSSR count). The molecule has 2 amide bonds. The summed E-state index contributed by atoms with van der Waals surface area (Å²) in [6.07, 6.45) is 2.19. The van der Waals surface area contributed by atoms with Gasteiger partial charge in [0.25, 0.3) is 0 Å². The van der Waals surface area contributed by atoms with Gasteiger partial charge in [0.1, 0.15) is 6.04 Å². The number of ether oxygens (including phenoxy) is 1. The highest BCUT2D eigenvalue weighted by Crippen LogP contribution is 2.23. The SMILES string of the molecule is COC(CN)CC(=O)NC(C)C(=O)Nc1cccc(N2CCCC2)c1.Cl.Cl. The van der Waals surface area contributed by atoms with Crippen molar-refractivity contribution >= 4 is 48.0 Å². The third kappa shape index (κ3) is 7.92. The molecule has 1 fully saturated rings. The van der Waals surface area contributed by atoms with Gasteiger partial charge in [0, 0.05) is 38.1 Å². The van der Waals surface area contributed by atoms with Gasteiger partial charge in [0.2, 0.25) is 11.8 Å². The molecule has 2 atom stereocenters. The van der Waals surface area contributed by atoms with E-state index in [1.54, 1.807) is 6.92 Å². The zero-order chi connectivity index (χ0) is 18.2. The zero-order valence-corrected chi connectivity index (χ0v) is 17.4. The number of anilines is 2. The Labute approximate surface area is 173 Å². The highest BCUT2D eigenvalue weighted by Gasteiger charge is 2.19. The number of nitrogens with one attached hydrogen (secondary N) is 2. The van der Waals surface area contributed by atoms with Gasteiger partial charge in [-0.1, -0.05) is 6.07 Å². The first-order valence-corrected chi connectivity index (χ1v) is 8.71. The maximum Gasteiger partial charge on any atom is 0.246 e. The fourth-order valence-corrected chi connectivity index (χ4v) is 2.84. The van der Waals surface area contributed by atoms with E-state index in [0.29, 0.717) is 0 Å². The van der Waals surface area contributed by atoms with E-state index in [4.69, 9.17) is 10.5 Å². The van der Waals surface area contributed by atoms with Crippen LogP contribution in [0.1, 0.15) is 26.2 Å². The maximum absolute atomic E-state index is 12.3. The van der Waals surface area contributed by atoms with Crippen LogP contribution in [-0.4, -0.2) is 50.7 Å². The first-order valence-electron chi connectivity index (χ1n) is 8.71. The number of carbonyl (C=O) groups is 2. The molecule has 7 nitrogen and oxygen atoms in total. The lowest BCUT2D eigenvalue weighted by molar-refractivity contribution is -0.127. The molecule has 27 heavy (non-hydrogen) atoms. The monoisotopic (exact) mass is 420 g/mol. The predicted octanol–water partition coefficient (Wildman–Crippen LogP) is 1.94. The van der Waals surface area contributed by atoms with Crippen LogP contribution in [0.3, 0.4) is 0 Å². The van der Waals surface area contributed by atoms with Crippen molar-refractivity contribution in [3.8, 4) is 0 Å². The summed E-state index contributed by atoms with van der Waals surface area (Å²) in [4.78, 5) is 26.5. The van der Waals surface area contributed by atoms with Crippen molar-refractivity contribution in [3.05, 3.63) is 24.3 Å². The molecule has 1 aromatic carbocycles. The largest absolute Gasteiger partial charge is 0.380 e. The minimum absolute atomic E-state index is 0. The summed E-state index contributed by atoms with van der Waals surface area (Å²) in [6, 6.07) is 7.15. The average Bonchev–Trinajstić information content (AvgIpc) is 3.14. The van der Waals surface area contributed by atoms with Crippen LogP contribution < -0.4 is 21.3 Å². The Kier molecular flexibility index (Phi) is 12.0. The minimum Gasteiger partial charge on any atom is -0.380 e. The second kappa shape index (κ2) is 12.8. The van der Waals surface area contributed by atoms with Gasteiger partial charge in [-0.05, 0) is 38.0 Å². The number of hydrogen-bond acceptors (Lipinski definition) is 5. The minimum atomic E-state index is -0.641. The van der Waals surface area contributed by atoms with Crippen LogP contribution in [0.25, 0.3) is 0 Å². The van der Waals surface area contributed by atoms with E-state index in [1.165, 1.54) is 20.0 Å². The summed E-state index contributed by atoms with van der Waals surface area (Å²) in [7, 11) is 1.51. The zero-order valence-electron chi connectivity index (χ0n) is 15.8. The van der Waals surface area contributed by atoms with E-state index < -0.39 is 6.04 Å². The molecule has 0 aliphatic carbocycles. The summed E-state index contributed by atoms with van der Waals surface area (Å²) < 4.78 is 5.08. The standard InChI is InChI=1S/C18H28N4O3.2ClH/c1-13(20-17(23)11-16(12-19)25-2)18(24)21-14-6-5-7-15(10-14)22-8-3-4-9-22;;/h5-7,10,13,16H,3-4,8-9,11-12,19H2,1-2H3,(H,20,23)(H,21,24);2*1H. The third-order valence-electron chi connectivity index (χ3n) is 4.36. The molecule has 0 bridgehead atoms. The first kappa shape index (κ1) is 25.5. The number of nitrogens with zero attached hydrogens (tertiary/aromatic N) is 1. The van der Waals surface area contributed by atoms with Crippen LogP contribution in [0.4, 0.5) is 11.4 Å². The average molecular weight is 421 g/mol. The first-order chi connectivity index (χ1) is 12.0. The molecule has 1 aromatic rings. The van der Waals surface area contributed by atoms with Gasteiger partial charge in [-0.3, -0.25) is 9.59 Å². The number of amides is 2. The van der Waals surface area contributed by atoms with E-state index in [2.05, 4.69) is 15.5 Å². The van der Waals surface area contributed by atoms with E-state index in [0.717, 1.165) is 24.5 Å². The van der Waals surface area contributed by atoms with Crippen molar-refractivity contribution in [1.29, 1.82) is 0 Å². The number of carbonyl (C=O) groups excluding carboxylic acids is 2. The summed E-state index contributed by atoms with van der Waals surface area (Å²) in [5.74, 6) is -0.514. The van der Waals surface area contributed by atoms with Crippen molar-refractivity contribution in [2.24, 2.45) is 5.73 Å². The van der Waals surface area contributed by atoms with Crippen molar-refractivity contribution in [1.82, 2.24) is 5.32 Å². The Morgan fingerprint density at radius 2 is 1.93 bits per heavy atom. The number of rotatable bonds is 8. The summed E-state index contributed by atoms with van der Waals surface area (Å²) in [6.45, 7) is 4.01. The molecule has 154 valence electrons. The lowest BCUT2D eigenvalue weighted by Crippen LogP contribution is -2.43. The molecule has 1 heterocycles. The van der Waals surface area contributed by atoms with Gasteiger partial charge in [0.05, 0.1) is 12.5 Å². The van der Waals surface area contributed by atoms with E-state index in [-0.39, 0.29) is 55.7 Å². The summed E-state index contributed by atoms with van der Waals surface area (Å²) in [5.41, 5.74) is 7.34. The van der Waals surface area contributed by atoms with Crippen molar-refractivity contribution in [2.75, 3.05) is 37.0 Å². The lowest BCUT2D eigenvalue weighted by Gasteiger charge is -2.19. The molecule has 0 saturated carbocycles. The molecular formula is C18H30Cl2N4O3. The normalized spacial score (nSPS) is 15.1. The second-order valence-corrected chi connectivity index (χ2v) is 6.32. The Balaban J connectivity index is 0.00000338. The molecule has 0 aromatic heterocycles. The lowest BCUT2D eigenvalue weighted by atomic mass is 10.2. The van der Waals surface area contributed by atoms with Gasteiger partial charge in [0.15, 0.2) is 0 Å². The van der Waals surface area contributed by atoms with Crippen LogP contribution >= 0.6 is 24.8 Å². The fourth-order valence-electron chi connectivity index (χ4n) is 2.84. The van der Waals surface area contributed by atoms with E-state index in [1.807, 2.05) is 24.3 Å². The Morgan fingerprint density at radius 3 is 2.52 bits per heavy atom. The highest BCUT2D eigenvalue weighted by atomic mass is 35.5. The molecule has 1 saturated heterocycles. The van der Waals surface area contributed by atoms with Gasteiger partial charge >= 0.3 is 0 Å². The molecule has 0 spiro atoms. The van der Waals surface area contributed by atoms with Crippen LogP contribution in [0.5, 0.6) is 0 Å². The Bertz CT molecular complexity index is 594. The van der Waals surface area contributed by atoms with Crippen molar-refractivity contribution < 1.29 is 14.3 Å². The molecular weight excluding hydrogens is 391 g/mol. The van der Waals surface area contributed by atoms with Gasteiger partial charge in [-0.2, -0.15) is 0 Å². The number of benzene rings is 1. The van der Waals surface area contributed by atoms with Gasteiger partial charge < -0.3 is 26.0 Å². The van der Waals surface area contributed by atoms with Gasteiger partial charge in [-0.25, -0.2) is 0 Å². The quantitative estimate of drug-likeness (QED) is 0.596. The fraction of sp³-hybridized carbons (Fsp3) is 0.556. The highest BCUT2D eigenvalue weighted by molar-refractivity contribution is 5.97. The molecule has 4 N–H and O–H groups in total. The number of nitrogens with two attached hydrogens (primary N) is 1. The van der Waals surface area contributed by atoms with Crippen molar-refractivity contribution in [3.63, 3.8) is 0 Å². The molecule has 2 unspecified atom stereocenters. The third-order valence-corrected chi connectivity index (χ3v) is 4.36. The van der Waals surface area contributed by atoms with Crippen LogP contribution in [0.15, 0.2) is 24.3 Å². The smallest absolute Gasteiger partial charge is 0.246 e. The number of methoxy groups -OCH3 is 1. The second-order valence-electron chi connectivity index (χ2n) is 6.32.